The van der Waals surface area contributed by atoms with Crippen LogP contribution in [0.15, 0.2) is 53.7 Å². The molecule has 0 radical (unpaired) electrons. The van der Waals surface area contributed by atoms with E-state index in [1.165, 1.54) is 11.6 Å². The molecule has 6 nitrogen and oxygen atoms in total. The number of hydrogen-bond acceptors (Lipinski definition) is 5. The highest BCUT2D eigenvalue weighted by molar-refractivity contribution is 5.95. The minimum atomic E-state index is -0.246. The van der Waals surface area contributed by atoms with Crippen molar-refractivity contribution in [2.24, 2.45) is 4.99 Å². The maximum Gasteiger partial charge on any atom is 0.241 e. The topological polar surface area (TPSA) is 54.4 Å². The number of carbonyl (C=O) groups excluding carboxylic acids is 1. The summed E-state index contributed by atoms with van der Waals surface area (Å²) in [4.78, 5) is 23.1. The van der Waals surface area contributed by atoms with Crippen LogP contribution in [0.1, 0.15) is 104 Å². The molecule has 0 spiro atoms. The lowest BCUT2D eigenvalue weighted by atomic mass is 9.94. The molecule has 2 aromatic rings. The largest absolute Gasteiger partial charge is 0.454 e. The van der Waals surface area contributed by atoms with Crippen molar-refractivity contribution < 1.29 is 18.7 Å². The highest BCUT2D eigenvalue weighted by atomic mass is 19.1. The first-order chi connectivity index (χ1) is 20.8. The second kappa shape index (κ2) is 17.2. The molecule has 2 unspecified atom stereocenters. The molecule has 0 saturated carbocycles. The number of likely N-dealkylation sites (tertiary alicyclic amines) is 1. The smallest absolute Gasteiger partial charge is 0.241 e. The predicted octanol–water partition coefficient (Wildman–Crippen LogP) is 8.82. The Labute approximate surface area is 259 Å². The Morgan fingerprint density at radius 1 is 1.12 bits per heavy atom. The number of aryl methyl sites for hydroxylation is 1. The molecular weight excluding hydrogens is 541 g/mol. The van der Waals surface area contributed by atoms with Gasteiger partial charge in [0.2, 0.25) is 12.7 Å². The quantitative estimate of drug-likeness (QED) is 0.218. The van der Waals surface area contributed by atoms with Crippen LogP contribution >= 0.6 is 0 Å². The third kappa shape index (κ3) is 9.15. The second-order valence-electron chi connectivity index (χ2n) is 11.4. The van der Waals surface area contributed by atoms with Crippen molar-refractivity contribution in [3.8, 4) is 11.5 Å². The van der Waals surface area contributed by atoms with Crippen LogP contribution in [0.3, 0.4) is 0 Å². The van der Waals surface area contributed by atoms with Gasteiger partial charge in [-0.3, -0.25) is 14.7 Å². The van der Waals surface area contributed by atoms with Gasteiger partial charge in [-0.05, 0) is 100 Å². The number of halogens is 1. The monoisotopic (exact) mass is 593 g/mol. The van der Waals surface area contributed by atoms with E-state index in [1.54, 1.807) is 13.0 Å². The highest BCUT2D eigenvalue weighted by Crippen LogP contribution is 2.39. The predicted molar refractivity (Wildman–Crippen MR) is 176 cm³/mol. The molecule has 2 aliphatic heterocycles. The summed E-state index contributed by atoms with van der Waals surface area (Å²) in [5.41, 5.74) is 3.66. The van der Waals surface area contributed by atoms with Crippen LogP contribution in [0.4, 0.5) is 10.1 Å². The molecule has 0 aliphatic carbocycles. The third-order valence-corrected chi connectivity index (χ3v) is 8.31. The molecule has 236 valence electrons. The van der Waals surface area contributed by atoms with E-state index in [9.17, 15) is 9.18 Å². The van der Waals surface area contributed by atoms with E-state index in [0.29, 0.717) is 18.0 Å². The SMILES string of the molecule is C/C=C\N=C(C)CCC1CC(c2ccc3c(c2)OCO3)CN1CC(=O)N(c1ccc(F)c(C)c1)C(CCC)CCC.CC. The summed E-state index contributed by atoms with van der Waals surface area (Å²) in [6, 6.07) is 11.6. The van der Waals surface area contributed by atoms with Gasteiger partial charge in [-0.15, -0.1) is 0 Å². The zero-order chi connectivity index (χ0) is 31.4. The van der Waals surface area contributed by atoms with Gasteiger partial charge in [0.05, 0.1) is 6.54 Å². The van der Waals surface area contributed by atoms with Crippen molar-refractivity contribution in [3.05, 3.63) is 65.6 Å². The lowest BCUT2D eigenvalue weighted by Gasteiger charge is -2.34. The van der Waals surface area contributed by atoms with Crippen LogP contribution in [-0.4, -0.2) is 48.5 Å². The molecule has 1 fully saturated rings. The average molecular weight is 594 g/mol. The molecule has 2 atom stereocenters. The number of amides is 1. The molecule has 1 amide bonds. The number of ether oxygens (including phenoxy) is 2. The zero-order valence-corrected chi connectivity index (χ0v) is 27.4. The van der Waals surface area contributed by atoms with Crippen molar-refractivity contribution in [1.82, 2.24) is 4.90 Å². The number of nitrogens with zero attached hydrogens (tertiary/aromatic N) is 3. The number of aliphatic imine (C=N–C) groups is 1. The Kier molecular flexibility index (Phi) is 13.7. The van der Waals surface area contributed by atoms with Crippen LogP contribution in [-0.2, 0) is 4.79 Å². The highest BCUT2D eigenvalue weighted by Gasteiger charge is 2.36. The lowest BCUT2D eigenvalue weighted by molar-refractivity contribution is -0.120. The average Bonchev–Trinajstić information content (AvgIpc) is 3.64. The molecular formula is C36H52FN3O3. The maximum atomic E-state index is 14.2. The first-order valence-corrected chi connectivity index (χ1v) is 16.2. The molecule has 1 saturated heterocycles. The fourth-order valence-electron chi connectivity index (χ4n) is 6.18. The Balaban J connectivity index is 0.00000248. The summed E-state index contributed by atoms with van der Waals surface area (Å²) in [7, 11) is 0. The number of carbonyl (C=O) groups is 1. The molecule has 0 bridgehead atoms. The first kappa shape index (κ1) is 34.3. The van der Waals surface area contributed by atoms with E-state index in [1.807, 2.05) is 50.1 Å². The van der Waals surface area contributed by atoms with E-state index in [-0.39, 0.29) is 30.6 Å². The number of hydrogen-bond donors (Lipinski definition) is 0. The molecule has 43 heavy (non-hydrogen) atoms. The molecule has 0 N–H and O–H groups in total. The van der Waals surface area contributed by atoms with Crippen LogP contribution in [0, 0.1) is 12.7 Å². The zero-order valence-electron chi connectivity index (χ0n) is 27.4. The minimum absolute atomic E-state index is 0.0820. The van der Waals surface area contributed by atoms with E-state index in [4.69, 9.17) is 9.47 Å². The Bertz CT molecular complexity index is 1240. The lowest BCUT2D eigenvalue weighted by Crippen LogP contribution is -2.47. The number of rotatable bonds is 13. The van der Waals surface area contributed by atoms with Gasteiger partial charge >= 0.3 is 0 Å². The van der Waals surface area contributed by atoms with Gasteiger partial charge in [0.25, 0.3) is 0 Å². The molecule has 2 heterocycles. The van der Waals surface area contributed by atoms with Crippen molar-refractivity contribution in [1.29, 1.82) is 0 Å². The second-order valence-corrected chi connectivity index (χ2v) is 11.4. The van der Waals surface area contributed by atoms with E-state index in [0.717, 1.165) is 74.4 Å². The fourth-order valence-corrected chi connectivity index (χ4v) is 6.18. The summed E-state index contributed by atoms with van der Waals surface area (Å²) in [5, 5.41) is 0. The molecule has 2 aliphatic rings. The minimum Gasteiger partial charge on any atom is -0.454 e. The molecule has 4 rings (SSSR count). The van der Waals surface area contributed by atoms with Crippen molar-refractivity contribution >= 4 is 17.3 Å². The van der Waals surface area contributed by atoms with E-state index < -0.39 is 0 Å². The maximum absolute atomic E-state index is 14.2. The number of fused-ring (bicyclic) bond motifs is 1. The normalized spacial score (nSPS) is 18.3. The van der Waals surface area contributed by atoms with Crippen molar-refractivity contribution in [3.63, 3.8) is 0 Å². The number of allylic oxidation sites excluding steroid dienone is 1. The Morgan fingerprint density at radius 3 is 2.51 bits per heavy atom. The Morgan fingerprint density at radius 2 is 1.84 bits per heavy atom. The van der Waals surface area contributed by atoms with Gasteiger partial charge in [-0.25, -0.2) is 4.39 Å². The van der Waals surface area contributed by atoms with E-state index in [2.05, 4.69) is 42.8 Å². The van der Waals surface area contributed by atoms with Gasteiger partial charge in [0, 0.05) is 36.2 Å². The molecule has 2 aromatic carbocycles. The molecule has 7 heteroatoms. The third-order valence-electron chi connectivity index (χ3n) is 8.31. The summed E-state index contributed by atoms with van der Waals surface area (Å²) >= 11 is 0. The summed E-state index contributed by atoms with van der Waals surface area (Å²) < 4.78 is 25.4. The fraction of sp³-hybridized carbons (Fsp3) is 0.556. The van der Waals surface area contributed by atoms with Crippen LogP contribution in [0.5, 0.6) is 11.5 Å². The van der Waals surface area contributed by atoms with Gasteiger partial charge in [-0.1, -0.05) is 52.7 Å². The first-order valence-electron chi connectivity index (χ1n) is 16.2. The van der Waals surface area contributed by atoms with Crippen LogP contribution in [0.25, 0.3) is 0 Å². The van der Waals surface area contributed by atoms with Gasteiger partial charge < -0.3 is 14.4 Å². The van der Waals surface area contributed by atoms with Crippen molar-refractivity contribution in [2.45, 2.75) is 111 Å². The number of benzene rings is 2. The summed E-state index contributed by atoms with van der Waals surface area (Å²) in [6.45, 7) is 15.5. The molecule has 0 aromatic heterocycles. The van der Waals surface area contributed by atoms with Crippen molar-refractivity contribution in [2.75, 3.05) is 24.8 Å². The van der Waals surface area contributed by atoms with Gasteiger partial charge in [0.15, 0.2) is 11.5 Å². The van der Waals surface area contributed by atoms with Crippen LogP contribution in [0.2, 0.25) is 0 Å². The number of anilines is 1. The summed E-state index contributed by atoms with van der Waals surface area (Å²) in [5.74, 6) is 1.71. The van der Waals surface area contributed by atoms with Crippen LogP contribution < -0.4 is 14.4 Å². The summed E-state index contributed by atoms with van der Waals surface area (Å²) in [6.07, 6.45) is 10.4. The van der Waals surface area contributed by atoms with Gasteiger partial charge in [0.1, 0.15) is 5.82 Å². The van der Waals surface area contributed by atoms with Gasteiger partial charge in [-0.2, -0.15) is 0 Å². The standard InChI is InChI=1S/C34H46FN3O3.C2H6/c1-6-9-28(10-7-2)38(30-14-15-31(35)24(4)18-30)34(39)22-37-21-27(19-29(37)13-11-25(5)36-17-8-3)26-12-16-32-33(20-26)41-23-40-32;1-2/h8,12,14-18,20,27-29H,6-7,9-11,13,19,21-23H2,1-5H3;1-2H3/b17-8-,36-25?;. The Hall–Kier alpha value is -3.19. The van der Waals surface area contributed by atoms with E-state index >= 15 is 0 Å².